The summed E-state index contributed by atoms with van der Waals surface area (Å²) >= 11 is 0. The molecule has 4 nitrogen and oxygen atoms in total. The van der Waals surface area contributed by atoms with E-state index in [-0.39, 0.29) is 6.10 Å². The van der Waals surface area contributed by atoms with Crippen molar-refractivity contribution in [1.29, 1.82) is 0 Å². The van der Waals surface area contributed by atoms with Crippen LogP contribution in [0.2, 0.25) is 0 Å². The number of hydrogen-bond donors (Lipinski definition) is 1. The fourth-order valence-electron chi connectivity index (χ4n) is 1.82. The lowest BCUT2D eigenvalue weighted by molar-refractivity contribution is 0.0661. The summed E-state index contributed by atoms with van der Waals surface area (Å²) in [7, 11) is 0. The van der Waals surface area contributed by atoms with Crippen LogP contribution in [0, 0.1) is 0 Å². The van der Waals surface area contributed by atoms with Gasteiger partial charge in [-0.3, -0.25) is 14.9 Å². The average molecular weight is 193 g/mol. The van der Waals surface area contributed by atoms with E-state index >= 15 is 0 Å². The summed E-state index contributed by atoms with van der Waals surface area (Å²) in [6, 6.07) is 0. The predicted octanol–water partition coefficient (Wildman–Crippen LogP) is 0.433. The van der Waals surface area contributed by atoms with Crippen LogP contribution < -0.4 is 0 Å². The van der Waals surface area contributed by atoms with Gasteiger partial charge in [0.2, 0.25) is 0 Å². The van der Waals surface area contributed by atoms with Gasteiger partial charge in [-0.15, -0.1) is 0 Å². The van der Waals surface area contributed by atoms with E-state index in [0.717, 1.165) is 38.2 Å². The second kappa shape index (κ2) is 4.48. The maximum Gasteiger partial charge on any atom is 0.0726 e. The number of piperidine rings is 1. The van der Waals surface area contributed by atoms with Crippen molar-refractivity contribution in [1.82, 2.24) is 14.9 Å². The monoisotopic (exact) mass is 193 g/mol. The quantitative estimate of drug-likeness (QED) is 0.740. The minimum atomic E-state index is -0.166. The number of aliphatic hydroxyl groups excluding tert-OH is 1. The molecule has 0 aromatic carbocycles. The molecule has 1 fully saturated rings. The summed E-state index contributed by atoms with van der Waals surface area (Å²) in [5.41, 5.74) is 0.974. The second-order valence-electron chi connectivity index (χ2n) is 3.73. The van der Waals surface area contributed by atoms with E-state index in [1.807, 2.05) is 0 Å². The molecule has 1 aromatic rings. The predicted molar refractivity (Wildman–Crippen MR) is 52.5 cm³/mol. The van der Waals surface area contributed by atoms with Crippen LogP contribution in [-0.4, -0.2) is 39.2 Å². The molecular weight excluding hydrogens is 178 g/mol. The average Bonchev–Trinajstić information content (AvgIpc) is 2.19. The van der Waals surface area contributed by atoms with Crippen molar-refractivity contribution < 1.29 is 5.11 Å². The van der Waals surface area contributed by atoms with Crippen molar-refractivity contribution in [3.05, 3.63) is 24.3 Å². The molecule has 1 aliphatic rings. The van der Waals surface area contributed by atoms with Gasteiger partial charge in [0.1, 0.15) is 0 Å². The molecule has 1 N–H and O–H groups in total. The summed E-state index contributed by atoms with van der Waals surface area (Å²) in [5.74, 6) is 0. The zero-order chi connectivity index (χ0) is 9.80. The first-order valence-corrected chi connectivity index (χ1v) is 5.00. The van der Waals surface area contributed by atoms with E-state index in [0.29, 0.717) is 0 Å². The maximum atomic E-state index is 9.48. The minimum Gasteiger partial charge on any atom is -0.392 e. The van der Waals surface area contributed by atoms with Gasteiger partial charge in [-0.1, -0.05) is 0 Å². The number of β-amino-alcohol motifs (C(OH)–C–C–N with tert-alkyl or cyclic N) is 1. The van der Waals surface area contributed by atoms with Crippen molar-refractivity contribution in [2.45, 2.75) is 25.5 Å². The molecule has 2 heterocycles. The SMILES string of the molecule is O[C@H]1CCCN(Cc2cnccn2)C1. The number of aromatic nitrogens is 2. The molecule has 1 atom stereocenters. The summed E-state index contributed by atoms with van der Waals surface area (Å²) in [4.78, 5) is 10.5. The van der Waals surface area contributed by atoms with Crippen LogP contribution >= 0.6 is 0 Å². The Kier molecular flexibility index (Phi) is 3.06. The topological polar surface area (TPSA) is 49.2 Å². The van der Waals surface area contributed by atoms with Crippen LogP contribution in [0.1, 0.15) is 18.5 Å². The zero-order valence-electron chi connectivity index (χ0n) is 8.13. The van der Waals surface area contributed by atoms with E-state index < -0.39 is 0 Å². The molecule has 1 aliphatic heterocycles. The van der Waals surface area contributed by atoms with Crippen LogP contribution in [0.4, 0.5) is 0 Å². The summed E-state index contributed by atoms with van der Waals surface area (Å²) in [5, 5.41) is 9.48. The number of nitrogens with zero attached hydrogens (tertiary/aromatic N) is 3. The fourth-order valence-corrected chi connectivity index (χ4v) is 1.82. The van der Waals surface area contributed by atoms with Gasteiger partial charge in [-0.2, -0.15) is 0 Å². The highest BCUT2D eigenvalue weighted by Crippen LogP contribution is 2.11. The molecular formula is C10H15N3O. The Labute approximate surface area is 83.6 Å². The van der Waals surface area contributed by atoms with Gasteiger partial charge < -0.3 is 5.11 Å². The van der Waals surface area contributed by atoms with Crippen molar-refractivity contribution in [3.63, 3.8) is 0 Å². The molecule has 0 unspecified atom stereocenters. The summed E-state index contributed by atoms with van der Waals surface area (Å²) < 4.78 is 0. The summed E-state index contributed by atoms with van der Waals surface area (Å²) in [6.07, 6.45) is 6.99. The van der Waals surface area contributed by atoms with Crippen LogP contribution in [0.15, 0.2) is 18.6 Å². The van der Waals surface area contributed by atoms with Gasteiger partial charge in [-0.25, -0.2) is 0 Å². The number of aliphatic hydroxyl groups is 1. The van der Waals surface area contributed by atoms with Gasteiger partial charge in [-0.05, 0) is 19.4 Å². The van der Waals surface area contributed by atoms with Gasteiger partial charge in [0.15, 0.2) is 0 Å². The van der Waals surface area contributed by atoms with Crippen LogP contribution in [0.25, 0.3) is 0 Å². The Hall–Kier alpha value is -1.00. The van der Waals surface area contributed by atoms with Crippen LogP contribution in [0.5, 0.6) is 0 Å². The zero-order valence-corrected chi connectivity index (χ0v) is 8.13. The fraction of sp³-hybridized carbons (Fsp3) is 0.600. The molecule has 14 heavy (non-hydrogen) atoms. The van der Waals surface area contributed by atoms with Gasteiger partial charge in [0.25, 0.3) is 0 Å². The molecule has 76 valence electrons. The molecule has 1 saturated heterocycles. The highest BCUT2D eigenvalue weighted by atomic mass is 16.3. The van der Waals surface area contributed by atoms with Gasteiger partial charge in [0.05, 0.1) is 11.8 Å². The molecule has 0 saturated carbocycles. The third kappa shape index (κ3) is 2.49. The van der Waals surface area contributed by atoms with Crippen molar-refractivity contribution in [2.24, 2.45) is 0 Å². The first-order valence-electron chi connectivity index (χ1n) is 5.00. The first kappa shape index (κ1) is 9.55. The first-order chi connectivity index (χ1) is 6.84. The van der Waals surface area contributed by atoms with E-state index in [1.54, 1.807) is 18.6 Å². The smallest absolute Gasteiger partial charge is 0.0726 e. The number of likely N-dealkylation sites (tertiary alicyclic amines) is 1. The molecule has 0 bridgehead atoms. The standard InChI is InChI=1S/C10H15N3O/c14-10-2-1-5-13(8-10)7-9-6-11-3-4-12-9/h3-4,6,10,14H,1-2,5,7-8H2/t10-/m0/s1. The van der Waals surface area contributed by atoms with Crippen LogP contribution in [0.3, 0.4) is 0 Å². The highest BCUT2D eigenvalue weighted by Gasteiger charge is 2.17. The molecule has 0 amide bonds. The van der Waals surface area contributed by atoms with E-state index in [1.165, 1.54) is 0 Å². The largest absolute Gasteiger partial charge is 0.392 e. The molecule has 1 aromatic heterocycles. The summed E-state index contributed by atoms with van der Waals surface area (Å²) in [6.45, 7) is 2.61. The number of rotatable bonds is 2. The normalized spacial score (nSPS) is 23.6. The third-order valence-corrected chi connectivity index (χ3v) is 2.48. The Balaban J connectivity index is 1.91. The molecule has 0 spiro atoms. The molecule has 2 rings (SSSR count). The van der Waals surface area contributed by atoms with Gasteiger partial charge in [0, 0.05) is 31.7 Å². The third-order valence-electron chi connectivity index (χ3n) is 2.48. The highest BCUT2D eigenvalue weighted by molar-refractivity contribution is 4.94. The van der Waals surface area contributed by atoms with E-state index in [2.05, 4.69) is 14.9 Å². The Morgan fingerprint density at radius 1 is 1.50 bits per heavy atom. The minimum absolute atomic E-state index is 0.166. The maximum absolute atomic E-state index is 9.48. The lowest BCUT2D eigenvalue weighted by Crippen LogP contribution is -2.37. The van der Waals surface area contributed by atoms with Crippen molar-refractivity contribution >= 4 is 0 Å². The van der Waals surface area contributed by atoms with Crippen molar-refractivity contribution in [2.75, 3.05) is 13.1 Å². The van der Waals surface area contributed by atoms with Crippen LogP contribution in [-0.2, 0) is 6.54 Å². The van der Waals surface area contributed by atoms with E-state index in [4.69, 9.17) is 0 Å². The molecule has 0 aliphatic carbocycles. The molecule has 0 radical (unpaired) electrons. The molecule has 4 heteroatoms. The Morgan fingerprint density at radius 3 is 3.14 bits per heavy atom. The van der Waals surface area contributed by atoms with Crippen molar-refractivity contribution in [3.8, 4) is 0 Å². The lowest BCUT2D eigenvalue weighted by Gasteiger charge is -2.29. The van der Waals surface area contributed by atoms with Gasteiger partial charge >= 0.3 is 0 Å². The van der Waals surface area contributed by atoms with E-state index in [9.17, 15) is 5.11 Å². The Morgan fingerprint density at radius 2 is 2.43 bits per heavy atom. The lowest BCUT2D eigenvalue weighted by atomic mass is 10.1. The Bertz CT molecular complexity index is 278. The second-order valence-corrected chi connectivity index (χ2v) is 3.73. The number of hydrogen-bond acceptors (Lipinski definition) is 4.